The van der Waals surface area contributed by atoms with E-state index in [1.807, 2.05) is 23.0 Å². The lowest BCUT2D eigenvalue weighted by Crippen LogP contribution is -2.21. The molecule has 2 aromatic heterocycles. The van der Waals surface area contributed by atoms with Gasteiger partial charge in [-0.15, -0.1) is 0 Å². The second kappa shape index (κ2) is 6.68. The van der Waals surface area contributed by atoms with Crippen molar-refractivity contribution >= 4 is 11.6 Å². The van der Waals surface area contributed by atoms with E-state index in [0.29, 0.717) is 17.5 Å². The average Bonchev–Trinajstić information content (AvgIpc) is 2.79. The molecule has 5 heteroatoms. The van der Waals surface area contributed by atoms with E-state index in [2.05, 4.69) is 29.2 Å². The molecule has 0 unspecified atom stereocenters. The fourth-order valence-corrected chi connectivity index (χ4v) is 2.01. The maximum absolute atomic E-state index is 6.12. The van der Waals surface area contributed by atoms with Crippen LogP contribution in [0.3, 0.4) is 0 Å². The van der Waals surface area contributed by atoms with Crippen molar-refractivity contribution in [3.63, 3.8) is 0 Å². The highest BCUT2D eigenvalue weighted by Crippen LogP contribution is 2.15. The summed E-state index contributed by atoms with van der Waals surface area (Å²) in [6.07, 6.45) is 5.24. The van der Waals surface area contributed by atoms with E-state index in [0.717, 1.165) is 24.3 Å². The van der Waals surface area contributed by atoms with E-state index < -0.39 is 0 Å². The number of aromatic nitrogens is 3. The lowest BCUT2D eigenvalue weighted by atomic mass is 10.2. The van der Waals surface area contributed by atoms with Gasteiger partial charge < -0.3 is 5.32 Å². The van der Waals surface area contributed by atoms with Gasteiger partial charge in [-0.1, -0.05) is 25.4 Å². The van der Waals surface area contributed by atoms with Crippen LogP contribution >= 0.6 is 11.6 Å². The molecule has 0 aromatic carbocycles. The zero-order valence-electron chi connectivity index (χ0n) is 11.3. The van der Waals surface area contributed by atoms with Gasteiger partial charge in [-0.2, -0.15) is 5.10 Å². The molecule has 0 aliphatic heterocycles. The van der Waals surface area contributed by atoms with E-state index in [1.165, 1.54) is 0 Å². The van der Waals surface area contributed by atoms with Gasteiger partial charge in [-0.3, -0.25) is 9.67 Å². The second-order valence-electron chi connectivity index (χ2n) is 4.97. The topological polar surface area (TPSA) is 42.7 Å². The van der Waals surface area contributed by atoms with Crippen molar-refractivity contribution in [3.8, 4) is 0 Å². The molecule has 0 atom stereocenters. The predicted octanol–water partition coefficient (Wildman–Crippen LogP) is 2.73. The number of hydrogen-bond donors (Lipinski definition) is 1. The minimum Gasteiger partial charge on any atom is -0.311 e. The Hall–Kier alpha value is -1.39. The molecule has 0 bridgehead atoms. The van der Waals surface area contributed by atoms with Gasteiger partial charge in [0.15, 0.2) is 0 Å². The largest absolute Gasteiger partial charge is 0.311 e. The maximum Gasteiger partial charge on any atom is 0.0678 e. The van der Waals surface area contributed by atoms with Gasteiger partial charge in [0.2, 0.25) is 0 Å². The molecule has 102 valence electrons. The molecule has 0 aliphatic rings. The maximum atomic E-state index is 6.12. The Bertz CT molecular complexity index is 522. The smallest absolute Gasteiger partial charge is 0.0678 e. The normalized spacial score (nSPS) is 11.2. The summed E-state index contributed by atoms with van der Waals surface area (Å²) in [6.45, 7) is 6.89. The molecule has 0 aliphatic carbocycles. The molecule has 2 heterocycles. The molecule has 0 saturated heterocycles. The van der Waals surface area contributed by atoms with Crippen molar-refractivity contribution in [3.05, 3.63) is 47.0 Å². The first-order chi connectivity index (χ1) is 9.16. The Morgan fingerprint density at radius 1 is 1.32 bits per heavy atom. The minimum atomic E-state index is 0.644. The van der Waals surface area contributed by atoms with Gasteiger partial charge in [-0.25, -0.2) is 0 Å². The Labute approximate surface area is 118 Å². The number of hydrogen-bond acceptors (Lipinski definition) is 3. The van der Waals surface area contributed by atoms with Crippen LogP contribution in [0.4, 0.5) is 0 Å². The van der Waals surface area contributed by atoms with Gasteiger partial charge >= 0.3 is 0 Å². The summed E-state index contributed by atoms with van der Waals surface area (Å²) >= 11 is 6.12. The number of nitrogens with one attached hydrogen (secondary N) is 1. The molecular weight excluding hydrogens is 260 g/mol. The summed E-state index contributed by atoms with van der Waals surface area (Å²) in [5.41, 5.74) is 2.19. The predicted molar refractivity (Wildman–Crippen MR) is 77.1 cm³/mol. The Morgan fingerprint density at radius 2 is 2.16 bits per heavy atom. The molecule has 0 radical (unpaired) electrons. The van der Waals surface area contributed by atoms with Crippen LogP contribution in [-0.2, 0) is 13.1 Å². The van der Waals surface area contributed by atoms with E-state index in [-0.39, 0.29) is 0 Å². The van der Waals surface area contributed by atoms with Crippen LogP contribution in [0.25, 0.3) is 0 Å². The van der Waals surface area contributed by atoms with E-state index in [1.54, 1.807) is 12.4 Å². The molecule has 0 fully saturated rings. The summed E-state index contributed by atoms with van der Waals surface area (Å²) < 4.78 is 1.97. The quantitative estimate of drug-likeness (QED) is 0.883. The third kappa shape index (κ3) is 4.04. The first-order valence-electron chi connectivity index (χ1n) is 6.46. The second-order valence-corrected chi connectivity index (χ2v) is 5.38. The SMILES string of the molecule is CC(C)CNCc1ccnn1Cc1ccncc1Cl. The molecule has 2 aromatic rings. The lowest BCUT2D eigenvalue weighted by molar-refractivity contribution is 0.529. The van der Waals surface area contributed by atoms with E-state index in [4.69, 9.17) is 11.6 Å². The van der Waals surface area contributed by atoms with Crippen molar-refractivity contribution < 1.29 is 0 Å². The molecule has 4 nitrogen and oxygen atoms in total. The van der Waals surface area contributed by atoms with Crippen molar-refractivity contribution in [2.45, 2.75) is 26.9 Å². The van der Waals surface area contributed by atoms with Crippen molar-refractivity contribution in [2.75, 3.05) is 6.54 Å². The molecular formula is C14H19ClN4. The van der Waals surface area contributed by atoms with Crippen LogP contribution in [0, 0.1) is 5.92 Å². The Kier molecular flexibility index (Phi) is 4.93. The van der Waals surface area contributed by atoms with Crippen molar-refractivity contribution in [2.24, 2.45) is 5.92 Å². The van der Waals surface area contributed by atoms with Crippen LogP contribution < -0.4 is 5.32 Å². The zero-order chi connectivity index (χ0) is 13.7. The highest BCUT2D eigenvalue weighted by Gasteiger charge is 2.06. The third-order valence-corrected chi connectivity index (χ3v) is 3.18. The highest BCUT2D eigenvalue weighted by atomic mass is 35.5. The van der Waals surface area contributed by atoms with Crippen LogP contribution in [-0.4, -0.2) is 21.3 Å². The van der Waals surface area contributed by atoms with Gasteiger partial charge in [0.1, 0.15) is 0 Å². The van der Waals surface area contributed by atoms with Crippen molar-refractivity contribution in [1.82, 2.24) is 20.1 Å². The van der Waals surface area contributed by atoms with E-state index in [9.17, 15) is 0 Å². The minimum absolute atomic E-state index is 0.644. The number of halogens is 1. The van der Waals surface area contributed by atoms with Crippen molar-refractivity contribution in [1.29, 1.82) is 0 Å². The summed E-state index contributed by atoms with van der Waals surface area (Å²) in [4.78, 5) is 3.99. The number of nitrogens with zero attached hydrogens (tertiary/aromatic N) is 3. The highest BCUT2D eigenvalue weighted by molar-refractivity contribution is 6.31. The third-order valence-electron chi connectivity index (χ3n) is 2.84. The Balaban J connectivity index is 2.01. The number of pyridine rings is 1. The van der Waals surface area contributed by atoms with Gasteiger partial charge in [0.25, 0.3) is 0 Å². The Morgan fingerprint density at radius 3 is 2.89 bits per heavy atom. The van der Waals surface area contributed by atoms with E-state index >= 15 is 0 Å². The molecule has 1 N–H and O–H groups in total. The zero-order valence-corrected chi connectivity index (χ0v) is 12.1. The van der Waals surface area contributed by atoms with Gasteiger partial charge in [0, 0.05) is 25.1 Å². The molecule has 2 rings (SSSR count). The van der Waals surface area contributed by atoms with Crippen LogP contribution in [0.2, 0.25) is 5.02 Å². The first-order valence-corrected chi connectivity index (χ1v) is 6.84. The summed E-state index contributed by atoms with van der Waals surface area (Å²) in [5, 5.41) is 8.45. The molecule has 19 heavy (non-hydrogen) atoms. The number of rotatable bonds is 6. The van der Waals surface area contributed by atoms with Crippen LogP contribution in [0.5, 0.6) is 0 Å². The standard InChI is InChI=1S/C14H19ClN4/c1-11(2)7-17-8-13-4-6-18-19(13)10-12-3-5-16-9-14(12)15/h3-6,9,11,17H,7-8,10H2,1-2H3. The molecule has 0 saturated carbocycles. The fraction of sp³-hybridized carbons (Fsp3) is 0.429. The van der Waals surface area contributed by atoms with Crippen LogP contribution in [0.15, 0.2) is 30.7 Å². The monoisotopic (exact) mass is 278 g/mol. The first kappa shape index (κ1) is 14.0. The van der Waals surface area contributed by atoms with Crippen LogP contribution in [0.1, 0.15) is 25.1 Å². The average molecular weight is 279 g/mol. The fourth-order valence-electron chi connectivity index (χ4n) is 1.84. The summed E-state index contributed by atoms with van der Waals surface area (Å²) in [7, 11) is 0. The summed E-state index contributed by atoms with van der Waals surface area (Å²) in [6, 6.07) is 3.96. The summed E-state index contributed by atoms with van der Waals surface area (Å²) in [5.74, 6) is 0.644. The molecule has 0 amide bonds. The molecule has 0 spiro atoms. The van der Waals surface area contributed by atoms with Gasteiger partial charge in [0.05, 0.1) is 17.3 Å². The van der Waals surface area contributed by atoms with Gasteiger partial charge in [-0.05, 0) is 30.2 Å². The lowest BCUT2D eigenvalue weighted by Gasteiger charge is -2.10.